The first-order chi connectivity index (χ1) is 15.0. The van der Waals surface area contributed by atoms with Crippen molar-refractivity contribution >= 4 is 5.97 Å². The van der Waals surface area contributed by atoms with Crippen LogP contribution in [-0.4, -0.2) is 12.6 Å². The second-order valence-corrected chi connectivity index (χ2v) is 9.49. The molecule has 0 atom stereocenters. The summed E-state index contributed by atoms with van der Waals surface area (Å²) in [4.78, 5) is 12.2. The first-order valence-electron chi connectivity index (χ1n) is 12.3. The van der Waals surface area contributed by atoms with Crippen LogP contribution in [0.25, 0.3) is 0 Å². The number of ether oxygens (including phenoxy) is 2. The summed E-state index contributed by atoms with van der Waals surface area (Å²) in [6.07, 6.45) is 14.2. The standard InChI is InChI=1S/C26H38F2O3/c1-3-5-18-6-11-20(12-7-18)21-13-8-19(9-14-21)10-17-24(29)31-23-16-15-22(30-4-2)25(27)26(23)28/h15-16,18-21H,3-14,17H2,1-2H3. The van der Waals surface area contributed by atoms with Gasteiger partial charge in [0.15, 0.2) is 11.5 Å². The summed E-state index contributed by atoms with van der Waals surface area (Å²) in [7, 11) is 0. The Hall–Kier alpha value is -1.65. The topological polar surface area (TPSA) is 35.5 Å². The summed E-state index contributed by atoms with van der Waals surface area (Å²) >= 11 is 0. The lowest BCUT2D eigenvalue weighted by Gasteiger charge is -2.38. The molecule has 0 saturated heterocycles. The first-order valence-corrected chi connectivity index (χ1v) is 12.3. The largest absolute Gasteiger partial charge is 0.491 e. The molecule has 0 N–H and O–H groups in total. The number of rotatable bonds is 9. The van der Waals surface area contributed by atoms with E-state index in [2.05, 4.69) is 6.92 Å². The minimum absolute atomic E-state index is 0.171. The van der Waals surface area contributed by atoms with Crippen LogP contribution in [0.2, 0.25) is 0 Å². The van der Waals surface area contributed by atoms with Gasteiger partial charge in [-0.1, -0.05) is 45.4 Å². The van der Waals surface area contributed by atoms with Crippen LogP contribution in [0, 0.1) is 35.3 Å². The zero-order valence-electron chi connectivity index (χ0n) is 19.1. The van der Waals surface area contributed by atoms with Crippen LogP contribution in [0.5, 0.6) is 11.5 Å². The molecule has 2 fully saturated rings. The van der Waals surface area contributed by atoms with Crippen LogP contribution in [0.1, 0.15) is 90.9 Å². The maximum absolute atomic E-state index is 14.1. The molecule has 0 aliphatic heterocycles. The molecular weight excluding hydrogens is 398 g/mol. The quantitative estimate of drug-likeness (QED) is 0.298. The third kappa shape index (κ3) is 6.66. The fraction of sp³-hybridized carbons (Fsp3) is 0.731. The molecule has 1 aromatic carbocycles. The van der Waals surface area contributed by atoms with Crippen LogP contribution in [0.15, 0.2) is 12.1 Å². The van der Waals surface area contributed by atoms with Gasteiger partial charge in [-0.15, -0.1) is 0 Å². The fourth-order valence-corrected chi connectivity index (χ4v) is 5.66. The van der Waals surface area contributed by atoms with E-state index in [-0.39, 0.29) is 24.5 Å². The SMILES string of the molecule is CCCC1CCC(C2CCC(CCC(=O)Oc3ccc(OCC)c(F)c3F)CC2)CC1. The van der Waals surface area contributed by atoms with Crippen LogP contribution < -0.4 is 9.47 Å². The number of esters is 1. The minimum Gasteiger partial charge on any atom is -0.491 e. The summed E-state index contributed by atoms with van der Waals surface area (Å²) < 4.78 is 38.1. The molecule has 0 unspecified atom stereocenters. The van der Waals surface area contributed by atoms with Crippen molar-refractivity contribution in [3.05, 3.63) is 23.8 Å². The van der Waals surface area contributed by atoms with Crippen LogP contribution >= 0.6 is 0 Å². The van der Waals surface area contributed by atoms with Gasteiger partial charge in [-0.2, -0.15) is 8.78 Å². The molecule has 174 valence electrons. The van der Waals surface area contributed by atoms with Crippen molar-refractivity contribution < 1.29 is 23.0 Å². The number of carbonyl (C=O) groups is 1. The van der Waals surface area contributed by atoms with Crippen molar-refractivity contribution in [2.24, 2.45) is 23.7 Å². The summed E-state index contributed by atoms with van der Waals surface area (Å²) in [6, 6.07) is 2.54. The first kappa shape index (κ1) is 24.0. The molecule has 1 aromatic rings. The van der Waals surface area contributed by atoms with E-state index in [4.69, 9.17) is 9.47 Å². The van der Waals surface area contributed by atoms with Gasteiger partial charge in [0.1, 0.15) is 0 Å². The fourth-order valence-electron chi connectivity index (χ4n) is 5.66. The molecule has 3 rings (SSSR count). The van der Waals surface area contributed by atoms with Crippen LogP contribution in [0.4, 0.5) is 8.78 Å². The highest BCUT2D eigenvalue weighted by Crippen LogP contribution is 2.43. The third-order valence-electron chi connectivity index (χ3n) is 7.44. The highest BCUT2D eigenvalue weighted by Gasteiger charge is 2.31. The van der Waals surface area contributed by atoms with Gasteiger partial charge in [-0.25, -0.2) is 0 Å². The Balaban J connectivity index is 1.38. The molecule has 2 aliphatic rings. The molecule has 0 radical (unpaired) electrons. The highest BCUT2D eigenvalue weighted by molar-refractivity contribution is 5.72. The van der Waals surface area contributed by atoms with Gasteiger partial charge in [-0.05, 0) is 74.8 Å². The zero-order valence-corrected chi connectivity index (χ0v) is 19.1. The Kier molecular flexibility index (Phi) is 9.15. The molecular formula is C26H38F2O3. The van der Waals surface area contributed by atoms with Crippen LogP contribution in [-0.2, 0) is 4.79 Å². The van der Waals surface area contributed by atoms with Gasteiger partial charge in [0.25, 0.3) is 0 Å². The van der Waals surface area contributed by atoms with E-state index >= 15 is 0 Å². The smallest absolute Gasteiger partial charge is 0.311 e. The lowest BCUT2D eigenvalue weighted by molar-refractivity contribution is -0.135. The predicted molar refractivity (Wildman–Crippen MR) is 118 cm³/mol. The average Bonchev–Trinajstić information content (AvgIpc) is 2.79. The van der Waals surface area contributed by atoms with Gasteiger partial charge >= 0.3 is 5.97 Å². The minimum atomic E-state index is -1.17. The second kappa shape index (κ2) is 11.8. The number of hydrogen-bond acceptors (Lipinski definition) is 3. The number of carbonyl (C=O) groups excluding carboxylic acids is 1. The van der Waals surface area contributed by atoms with E-state index < -0.39 is 17.6 Å². The van der Waals surface area contributed by atoms with E-state index in [1.165, 1.54) is 76.3 Å². The summed E-state index contributed by atoms with van der Waals surface area (Å²) in [5.74, 6) is -0.0899. The molecule has 0 amide bonds. The molecule has 3 nitrogen and oxygen atoms in total. The summed E-state index contributed by atoms with van der Waals surface area (Å²) in [6.45, 7) is 4.21. The molecule has 0 aromatic heterocycles. The second-order valence-electron chi connectivity index (χ2n) is 9.49. The van der Waals surface area contributed by atoms with E-state index in [9.17, 15) is 13.6 Å². The van der Waals surface area contributed by atoms with E-state index in [0.717, 1.165) is 24.2 Å². The Morgan fingerprint density at radius 2 is 1.35 bits per heavy atom. The van der Waals surface area contributed by atoms with Crippen molar-refractivity contribution in [3.63, 3.8) is 0 Å². The van der Waals surface area contributed by atoms with E-state index in [1.54, 1.807) is 6.92 Å². The number of hydrogen-bond donors (Lipinski definition) is 0. The van der Waals surface area contributed by atoms with E-state index in [0.29, 0.717) is 5.92 Å². The Bertz CT molecular complexity index is 705. The monoisotopic (exact) mass is 436 g/mol. The number of halogens is 2. The van der Waals surface area contributed by atoms with Gasteiger partial charge in [-0.3, -0.25) is 4.79 Å². The van der Waals surface area contributed by atoms with Gasteiger partial charge in [0.05, 0.1) is 6.61 Å². The maximum Gasteiger partial charge on any atom is 0.311 e. The van der Waals surface area contributed by atoms with Gasteiger partial charge < -0.3 is 9.47 Å². The van der Waals surface area contributed by atoms with Crippen LogP contribution in [0.3, 0.4) is 0 Å². The molecule has 0 spiro atoms. The molecule has 2 aliphatic carbocycles. The predicted octanol–water partition coefficient (Wildman–Crippen LogP) is 7.46. The Morgan fingerprint density at radius 1 is 0.839 bits per heavy atom. The maximum atomic E-state index is 14.1. The summed E-state index contributed by atoms with van der Waals surface area (Å²) in [5.41, 5.74) is 0. The van der Waals surface area contributed by atoms with Crippen molar-refractivity contribution in [1.82, 2.24) is 0 Å². The van der Waals surface area contributed by atoms with Crippen molar-refractivity contribution in [3.8, 4) is 11.5 Å². The lowest BCUT2D eigenvalue weighted by Crippen LogP contribution is -2.26. The Morgan fingerprint density at radius 3 is 1.90 bits per heavy atom. The molecule has 31 heavy (non-hydrogen) atoms. The molecule has 0 heterocycles. The molecule has 5 heteroatoms. The van der Waals surface area contributed by atoms with Gasteiger partial charge in [0, 0.05) is 6.42 Å². The van der Waals surface area contributed by atoms with Gasteiger partial charge in [0.2, 0.25) is 11.6 Å². The highest BCUT2D eigenvalue weighted by atomic mass is 19.2. The van der Waals surface area contributed by atoms with Crippen molar-refractivity contribution in [2.45, 2.75) is 90.9 Å². The van der Waals surface area contributed by atoms with Crippen molar-refractivity contribution in [1.29, 1.82) is 0 Å². The third-order valence-corrected chi connectivity index (χ3v) is 7.44. The normalized spacial score (nSPS) is 26.5. The van der Waals surface area contributed by atoms with E-state index in [1.807, 2.05) is 0 Å². The molecule has 0 bridgehead atoms. The average molecular weight is 437 g/mol. The van der Waals surface area contributed by atoms with Crippen molar-refractivity contribution in [2.75, 3.05) is 6.61 Å². The summed E-state index contributed by atoms with van der Waals surface area (Å²) in [5, 5.41) is 0. The molecule has 2 saturated carbocycles. The number of benzene rings is 1. The Labute approximate surface area is 185 Å². The lowest BCUT2D eigenvalue weighted by atomic mass is 9.68. The zero-order chi connectivity index (χ0) is 22.2.